The fraction of sp³-hybridized carbons (Fsp3) is 0.167. The zero-order chi connectivity index (χ0) is 13.8. The number of aromatic nitrogens is 1. The van der Waals surface area contributed by atoms with E-state index in [-0.39, 0.29) is 5.97 Å². The first-order valence-corrected chi connectivity index (χ1v) is 7.59. The Morgan fingerprint density at radius 2 is 2.37 bits per heavy atom. The molecular weight excluding hydrogens is 399 g/mol. The molecule has 2 aromatic rings. The van der Waals surface area contributed by atoms with E-state index in [4.69, 9.17) is 11.6 Å². The fourth-order valence-corrected chi connectivity index (χ4v) is 3.07. The Morgan fingerprint density at radius 1 is 1.58 bits per heavy atom. The van der Waals surface area contributed by atoms with Gasteiger partial charge in [-0.1, -0.05) is 11.6 Å². The third kappa shape index (κ3) is 3.80. The minimum Gasteiger partial charge on any atom is -0.465 e. The highest BCUT2D eigenvalue weighted by Gasteiger charge is 2.08. The zero-order valence-corrected chi connectivity index (χ0v) is 13.7. The van der Waals surface area contributed by atoms with Gasteiger partial charge in [0, 0.05) is 20.3 Å². The highest BCUT2D eigenvalue weighted by molar-refractivity contribution is 14.1. The number of thiazole rings is 1. The molecule has 0 spiro atoms. The van der Waals surface area contributed by atoms with Gasteiger partial charge in [0.05, 0.1) is 19.2 Å². The van der Waals surface area contributed by atoms with Gasteiger partial charge < -0.3 is 10.1 Å². The zero-order valence-electron chi connectivity index (χ0n) is 9.94. The maximum atomic E-state index is 11.4. The van der Waals surface area contributed by atoms with Crippen molar-refractivity contribution in [2.75, 3.05) is 12.4 Å². The van der Waals surface area contributed by atoms with Gasteiger partial charge in [0.2, 0.25) is 0 Å². The van der Waals surface area contributed by atoms with E-state index in [1.807, 2.05) is 6.07 Å². The number of esters is 1. The van der Waals surface area contributed by atoms with Crippen molar-refractivity contribution < 1.29 is 9.53 Å². The molecule has 4 nitrogen and oxygen atoms in total. The second kappa shape index (κ2) is 6.53. The fourth-order valence-electron chi connectivity index (χ4n) is 1.45. The molecule has 100 valence electrons. The molecule has 1 aromatic heterocycles. The topological polar surface area (TPSA) is 51.2 Å². The van der Waals surface area contributed by atoms with Crippen LogP contribution in [0.25, 0.3) is 0 Å². The van der Waals surface area contributed by atoms with Gasteiger partial charge in [0.25, 0.3) is 0 Å². The molecule has 0 unspecified atom stereocenters. The second-order valence-corrected chi connectivity index (χ2v) is 6.48. The largest absolute Gasteiger partial charge is 0.465 e. The molecule has 0 amide bonds. The Labute approximate surface area is 133 Å². The van der Waals surface area contributed by atoms with Gasteiger partial charge in [0.15, 0.2) is 4.47 Å². The Bertz CT molecular complexity index is 603. The molecule has 0 aliphatic carbocycles. The van der Waals surface area contributed by atoms with E-state index in [2.05, 4.69) is 37.6 Å². The van der Waals surface area contributed by atoms with Gasteiger partial charge in [-0.05, 0) is 40.8 Å². The van der Waals surface area contributed by atoms with Gasteiger partial charge in [-0.15, -0.1) is 11.3 Å². The monoisotopic (exact) mass is 408 g/mol. The number of rotatable bonds is 4. The van der Waals surface area contributed by atoms with Crippen molar-refractivity contribution in [1.82, 2.24) is 4.98 Å². The summed E-state index contributed by atoms with van der Waals surface area (Å²) in [4.78, 5) is 16.4. The number of halogens is 2. The van der Waals surface area contributed by atoms with Gasteiger partial charge in [0.1, 0.15) is 0 Å². The average molecular weight is 409 g/mol. The summed E-state index contributed by atoms with van der Waals surface area (Å²) in [5.74, 6) is -0.335. The Hall–Kier alpha value is -0.860. The summed E-state index contributed by atoms with van der Waals surface area (Å²) < 4.78 is 6.17. The Balaban J connectivity index is 2.07. The molecular formula is C12H10ClIN2O2S. The van der Waals surface area contributed by atoms with Crippen molar-refractivity contribution in [2.45, 2.75) is 6.54 Å². The molecule has 0 bridgehead atoms. The first-order chi connectivity index (χ1) is 9.10. The van der Waals surface area contributed by atoms with Crippen LogP contribution in [0.4, 0.5) is 5.69 Å². The number of carbonyl (C=O) groups excluding carboxylic acids is 1. The minimum atomic E-state index is -0.335. The van der Waals surface area contributed by atoms with E-state index < -0.39 is 0 Å². The van der Waals surface area contributed by atoms with Crippen LogP contribution in [0.1, 0.15) is 15.2 Å². The van der Waals surface area contributed by atoms with Crippen LogP contribution in [0.15, 0.2) is 24.4 Å². The Kier molecular flexibility index (Phi) is 5.00. The minimum absolute atomic E-state index is 0.335. The first-order valence-electron chi connectivity index (χ1n) is 5.32. The van der Waals surface area contributed by atoms with Crippen LogP contribution >= 0.6 is 45.5 Å². The number of carbonyl (C=O) groups is 1. The van der Waals surface area contributed by atoms with Crippen molar-refractivity contribution in [3.8, 4) is 0 Å². The molecule has 0 atom stereocenters. The van der Waals surface area contributed by atoms with Crippen LogP contribution in [-0.4, -0.2) is 18.1 Å². The third-order valence-corrected chi connectivity index (χ3v) is 4.38. The number of benzene rings is 1. The lowest BCUT2D eigenvalue weighted by molar-refractivity contribution is 0.0600. The van der Waals surface area contributed by atoms with Crippen LogP contribution in [-0.2, 0) is 11.3 Å². The lowest BCUT2D eigenvalue weighted by Crippen LogP contribution is -2.04. The van der Waals surface area contributed by atoms with E-state index in [1.165, 1.54) is 18.4 Å². The molecule has 19 heavy (non-hydrogen) atoms. The molecule has 1 heterocycles. The number of ether oxygens (including phenoxy) is 1. The first kappa shape index (κ1) is 14.5. The normalized spacial score (nSPS) is 10.3. The summed E-state index contributed by atoms with van der Waals surface area (Å²) in [6.45, 7) is 0.651. The molecule has 2 rings (SSSR count). The lowest BCUT2D eigenvalue weighted by Gasteiger charge is -2.08. The number of nitrogens with zero attached hydrogens (tertiary/aromatic N) is 1. The lowest BCUT2D eigenvalue weighted by atomic mass is 10.2. The van der Waals surface area contributed by atoms with E-state index in [9.17, 15) is 4.79 Å². The summed E-state index contributed by atoms with van der Waals surface area (Å²) in [6.07, 6.45) is 1.75. The summed E-state index contributed by atoms with van der Waals surface area (Å²) in [7, 11) is 1.37. The maximum Gasteiger partial charge on any atom is 0.337 e. The van der Waals surface area contributed by atoms with Crippen LogP contribution in [0.2, 0.25) is 4.47 Å². The van der Waals surface area contributed by atoms with E-state index in [1.54, 1.807) is 18.3 Å². The van der Waals surface area contributed by atoms with Gasteiger partial charge in [-0.25, -0.2) is 9.78 Å². The summed E-state index contributed by atoms with van der Waals surface area (Å²) in [6, 6.07) is 5.38. The van der Waals surface area contributed by atoms with Crippen LogP contribution in [0.3, 0.4) is 0 Å². The highest BCUT2D eigenvalue weighted by Crippen LogP contribution is 2.23. The van der Waals surface area contributed by atoms with Gasteiger partial charge >= 0.3 is 5.97 Å². The number of methoxy groups -OCH3 is 1. The van der Waals surface area contributed by atoms with Crippen molar-refractivity contribution in [3.63, 3.8) is 0 Å². The molecule has 1 N–H and O–H groups in total. The smallest absolute Gasteiger partial charge is 0.337 e. The van der Waals surface area contributed by atoms with Crippen LogP contribution in [0.5, 0.6) is 0 Å². The van der Waals surface area contributed by atoms with E-state index in [0.29, 0.717) is 16.6 Å². The second-order valence-electron chi connectivity index (χ2n) is 3.62. The van der Waals surface area contributed by atoms with E-state index in [0.717, 1.165) is 14.1 Å². The molecule has 0 saturated heterocycles. The number of anilines is 1. The number of nitrogens with one attached hydrogen (secondary N) is 1. The maximum absolute atomic E-state index is 11.4. The summed E-state index contributed by atoms with van der Waals surface area (Å²) in [5.41, 5.74) is 1.50. The molecule has 1 aromatic carbocycles. The molecule has 7 heteroatoms. The van der Waals surface area contributed by atoms with Gasteiger partial charge in [-0.2, -0.15) is 0 Å². The highest BCUT2D eigenvalue weighted by atomic mass is 127. The van der Waals surface area contributed by atoms with Crippen molar-refractivity contribution in [3.05, 3.63) is 42.9 Å². The predicted octanol–water partition coefficient (Wildman–Crippen LogP) is 3.80. The van der Waals surface area contributed by atoms with Crippen LogP contribution < -0.4 is 5.32 Å². The molecule has 0 aliphatic heterocycles. The molecule has 0 saturated carbocycles. The Morgan fingerprint density at radius 3 is 2.95 bits per heavy atom. The van der Waals surface area contributed by atoms with Crippen molar-refractivity contribution in [1.29, 1.82) is 0 Å². The number of hydrogen-bond acceptors (Lipinski definition) is 5. The third-order valence-electron chi connectivity index (χ3n) is 2.37. The number of hydrogen-bond donors (Lipinski definition) is 1. The van der Waals surface area contributed by atoms with Gasteiger partial charge in [-0.3, -0.25) is 0 Å². The predicted molar refractivity (Wildman–Crippen MR) is 84.9 cm³/mol. The van der Waals surface area contributed by atoms with Crippen molar-refractivity contribution in [2.24, 2.45) is 0 Å². The van der Waals surface area contributed by atoms with Crippen LogP contribution in [0, 0.1) is 3.57 Å². The molecule has 0 radical (unpaired) electrons. The average Bonchev–Trinajstić information content (AvgIpc) is 2.82. The standard InChI is InChI=1S/C12H10ClIN2O2S/c1-18-11(17)7-2-3-10(9(14)4-7)15-5-8-6-16-12(13)19-8/h2-4,6,15H,5H2,1H3. The summed E-state index contributed by atoms with van der Waals surface area (Å²) >= 11 is 9.39. The molecule has 0 fully saturated rings. The van der Waals surface area contributed by atoms with Crippen molar-refractivity contribution >= 4 is 57.2 Å². The SMILES string of the molecule is COC(=O)c1ccc(NCc2cnc(Cl)s2)c(I)c1. The van der Waals surface area contributed by atoms with E-state index >= 15 is 0 Å². The summed E-state index contributed by atoms with van der Waals surface area (Å²) in [5, 5.41) is 3.28. The molecule has 0 aliphatic rings. The quantitative estimate of drug-likeness (QED) is 0.618.